The van der Waals surface area contributed by atoms with Crippen molar-refractivity contribution < 1.29 is 19.1 Å². The smallest absolute Gasteiger partial charge is 0.234 e. The maximum atomic E-state index is 13.9. The molecule has 2 amide bonds. The average molecular weight is 645 g/mol. The van der Waals surface area contributed by atoms with Crippen molar-refractivity contribution in [2.24, 2.45) is 5.92 Å². The Morgan fingerprint density at radius 2 is 1.70 bits per heavy atom. The molecule has 0 unspecified atom stereocenters. The van der Waals surface area contributed by atoms with Crippen LogP contribution in [0, 0.1) is 5.92 Å². The second-order valence-corrected chi connectivity index (χ2v) is 13.6. The van der Waals surface area contributed by atoms with E-state index in [1.165, 1.54) is 12.8 Å². The first kappa shape index (κ1) is 32.2. The third kappa shape index (κ3) is 6.98. The highest BCUT2D eigenvalue weighted by Gasteiger charge is 2.36. The number of carbonyl (C=O) groups excluding carboxylic acids is 2. The van der Waals surface area contributed by atoms with Gasteiger partial charge >= 0.3 is 0 Å². The number of rotatable bonds is 9. The highest BCUT2D eigenvalue weighted by molar-refractivity contribution is 6.30. The van der Waals surface area contributed by atoms with Gasteiger partial charge in [-0.05, 0) is 111 Å². The normalized spacial score (nSPS) is 22.0. The maximum Gasteiger partial charge on any atom is 0.234 e. The summed E-state index contributed by atoms with van der Waals surface area (Å²) in [6.07, 6.45) is 4.87. The van der Waals surface area contributed by atoms with Crippen molar-refractivity contribution in [1.29, 1.82) is 0 Å². The summed E-state index contributed by atoms with van der Waals surface area (Å²) in [5, 5.41) is 3.59. The number of amides is 2. The van der Waals surface area contributed by atoms with Crippen molar-refractivity contribution in [1.82, 2.24) is 10.2 Å². The van der Waals surface area contributed by atoms with Crippen LogP contribution < -0.4 is 24.6 Å². The average Bonchev–Trinajstić information content (AvgIpc) is 3.05. The summed E-state index contributed by atoms with van der Waals surface area (Å²) in [7, 11) is 3.78. The van der Waals surface area contributed by atoms with E-state index in [1.54, 1.807) is 7.11 Å². The van der Waals surface area contributed by atoms with E-state index >= 15 is 0 Å². The quantitative estimate of drug-likeness (QED) is 0.297. The standard InChI is InChI=1S/C37H45ClN4O4/c1-24(2)46-34-21-32-27(19-33(34)45-4)20-36(44)42(37(32)26-7-9-28(38)10-8-26)31-15-13-29(14-16-31)40(3)22-25-5-11-30(12-6-25)41-18-17-39-35(43)23-41/h7-10,13-16,19,21,24-25,30,37H,5-6,11-12,17-18,20,22-23H2,1-4H3,(H,39,43)/t25?,30?,37-/m0/s1. The van der Waals surface area contributed by atoms with Gasteiger partial charge in [-0.25, -0.2) is 0 Å². The number of nitrogens with zero attached hydrogens (tertiary/aromatic N) is 3. The lowest BCUT2D eigenvalue weighted by Crippen LogP contribution is -2.52. The molecule has 0 spiro atoms. The molecule has 8 nitrogen and oxygen atoms in total. The van der Waals surface area contributed by atoms with Crippen LogP contribution in [0.1, 0.15) is 62.3 Å². The molecule has 3 aromatic rings. The molecular weight excluding hydrogens is 600 g/mol. The third-order valence-corrected chi connectivity index (χ3v) is 9.89. The fourth-order valence-corrected chi connectivity index (χ4v) is 7.48. The zero-order chi connectivity index (χ0) is 32.4. The lowest BCUT2D eigenvalue weighted by atomic mass is 9.84. The number of carbonyl (C=O) groups is 2. The molecule has 0 radical (unpaired) electrons. The van der Waals surface area contributed by atoms with Crippen molar-refractivity contribution in [3.63, 3.8) is 0 Å². The molecule has 2 fully saturated rings. The Hall–Kier alpha value is -3.75. The second-order valence-electron chi connectivity index (χ2n) is 13.2. The van der Waals surface area contributed by atoms with Gasteiger partial charge in [-0.15, -0.1) is 0 Å². The molecule has 6 rings (SSSR count). The minimum absolute atomic E-state index is 0.0242. The predicted molar refractivity (Wildman–Crippen MR) is 183 cm³/mol. The van der Waals surface area contributed by atoms with Gasteiger partial charge in [0.1, 0.15) is 0 Å². The number of nitrogens with one attached hydrogen (secondary N) is 1. The fourth-order valence-electron chi connectivity index (χ4n) is 7.35. The number of methoxy groups -OCH3 is 1. The van der Waals surface area contributed by atoms with Crippen molar-refractivity contribution in [2.75, 3.05) is 50.1 Å². The van der Waals surface area contributed by atoms with Gasteiger partial charge in [0.15, 0.2) is 11.5 Å². The molecule has 2 aliphatic heterocycles. The molecular formula is C37H45ClN4O4. The SMILES string of the molecule is COc1cc2c(cc1OC(C)C)[C@H](c1ccc(Cl)cc1)N(c1ccc(N(C)CC3CCC(N4CCNC(=O)C4)CC3)cc1)C(=O)C2. The zero-order valence-electron chi connectivity index (χ0n) is 27.3. The minimum Gasteiger partial charge on any atom is -0.493 e. The lowest BCUT2D eigenvalue weighted by molar-refractivity contribution is -0.125. The molecule has 1 saturated heterocycles. The molecule has 1 atom stereocenters. The Morgan fingerprint density at radius 1 is 0.978 bits per heavy atom. The van der Waals surface area contributed by atoms with Gasteiger partial charge in [-0.2, -0.15) is 0 Å². The Labute approximate surface area is 277 Å². The van der Waals surface area contributed by atoms with Gasteiger partial charge in [-0.3, -0.25) is 14.5 Å². The summed E-state index contributed by atoms with van der Waals surface area (Å²) in [6, 6.07) is 20.2. The molecule has 3 aromatic carbocycles. The van der Waals surface area contributed by atoms with E-state index < -0.39 is 0 Å². The van der Waals surface area contributed by atoms with Crippen LogP contribution in [-0.4, -0.2) is 69.2 Å². The summed E-state index contributed by atoms with van der Waals surface area (Å²) < 4.78 is 11.8. The van der Waals surface area contributed by atoms with Crippen LogP contribution in [-0.2, 0) is 16.0 Å². The molecule has 3 aliphatic rings. The van der Waals surface area contributed by atoms with E-state index in [9.17, 15) is 9.59 Å². The molecule has 1 aliphatic carbocycles. The van der Waals surface area contributed by atoms with E-state index in [-0.39, 0.29) is 30.4 Å². The van der Waals surface area contributed by atoms with Gasteiger partial charge in [0.2, 0.25) is 11.8 Å². The molecule has 9 heteroatoms. The van der Waals surface area contributed by atoms with Crippen LogP contribution in [0.4, 0.5) is 11.4 Å². The van der Waals surface area contributed by atoms with Gasteiger partial charge in [0, 0.05) is 49.1 Å². The van der Waals surface area contributed by atoms with Crippen molar-refractivity contribution in [2.45, 2.75) is 64.1 Å². The Kier molecular flexibility index (Phi) is 9.76. The van der Waals surface area contributed by atoms with E-state index in [0.717, 1.165) is 60.5 Å². The topological polar surface area (TPSA) is 74.4 Å². The summed E-state index contributed by atoms with van der Waals surface area (Å²) in [5.41, 5.74) is 4.90. The first-order valence-corrected chi connectivity index (χ1v) is 16.8. The highest BCUT2D eigenvalue weighted by atomic mass is 35.5. The number of halogens is 1. The molecule has 1 N–H and O–H groups in total. The highest BCUT2D eigenvalue weighted by Crippen LogP contribution is 2.44. The molecule has 1 saturated carbocycles. The number of fused-ring (bicyclic) bond motifs is 1. The zero-order valence-corrected chi connectivity index (χ0v) is 28.1. The van der Waals surface area contributed by atoms with Gasteiger partial charge in [0.05, 0.1) is 32.2 Å². The monoisotopic (exact) mass is 644 g/mol. The number of hydrogen-bond acceptors (Lipinski definition) is 6. The summed E-state index contributed by atoms with van der Waals surface area (Å²) in [4.78, 5) is 32.4. The van der Waals surface area contributed by atoms with Crippen LogP contribution in [0.3, 0.4) is 0 Å². The third-order valence-electron chi connectivity index (χ3n) is 9.64. The second kappa shape index (κ2) is 13.9. The Bertz CT molecular complexity index is 1540. The predicted octanol–water partition coefficient (Wildman–Crippen LogP) is 6.24. The van der Waals surface area contributed by atoms with Crippen LogP contribution in [0.25, 0.3) is 0 Å². The van der Waals surface area contributed by atoms with Gasteiger partial charge < -0.3 is 24.6 Å². The minimum atomic E-state index is -0.348. The summed E-state index contributed by atoms with van der Waals surface area (Å²) >= 11 is 6.28. The first-order valence-electron chi connectivity index (χ1n) is 16.5. The molecule has 0 bridgehead atoms. The molecule has 244 valence electrons. The number of ether oxygens (including phenoxy) is 2. The Morgan fingerprint density at radius 3 is 2.35 bits per heavy atom. The summed E-state index contributed by atoms with van der Waals surface area (Å²) in [6.45, 7) is 7.22. The van der Waals surface area contributed by atoms with Crippen LogP contribution in [0.5, 0.6) is 11.5 Å². The van der Waals surface area contributed by atoms with Gasteiger partial charge in [-0.1, -0.05) is 23.7 Å². The number of benzene rings is 3. The number of anilines is 2. The largest absolute Gasteiger partial charge is 0.493 e. The van der Waals surface area contributed by atoms with Gasteiger partial charge in [0.25, 0.3) is 0 Å². The first-order chi connectivity index (χ1) is 22.2. The van der Waals surface area contributed by atoms with Crippen LogP contribution in [0.15, 0.2) is 60.7 Å². The molecule has 46 heavy (non-hydrogen) atoms. The van der Waals surface area contributed by atoms with E-state index in [1.807, 2.05) is 55.1 Å². The molecule has 0 aromatic heterocycles. The number of hydrogen-bond donors (Lipinski definition) is 1. The maximum absolute atomic E-state index is 13.9. The van der Waals surface area contributed by atoms with Crippen molar-refractivity contribution in [3.05, 3.63) is 82.4 Å². The fraction of sp³-hybridized carbons (Fsp3) is 0.459. The number of piperazine rings is 1. The summed E-state index contributed by atoms with van der Waals surface area (Å²) in [5.74, 6) is 2.08. The molecule has 2 heterocycles. The van der Waals surface area contributed by atoms with E-state index in [2.05, 4.69) is 46.4 Å². The van der Waals surface area contributed by atoms with Crippen LogP contribution >= 0.6 is 11.6 Å². The van der Waals surface area contributed by atoms with Crippen molar-refractivity contribution >= 4 is 34.8 Å². The van der Waals surface area contributed by atoms with E-state index in [0.29, 0.717) is 35.0 Å². The lowest BCUT2D eigenvalue weighted by Gasteiger charge is -2.39. The van der Waals surface area contributed by atoms with E-state index in [4.69, 9.17) is 21.1 Å². The van der Waals surface area contributed by atoms with Crippen molar-refractivity contribution in [3.8, 4) is 11.5 Å². The van der Waals surface area contributed by atoms with Crippen LogP contribution in [0.2, 0.25) is 5.02 Å². The Balaban J connectivity index is 1.21.